The molecule has 0 saturated carbocycles. The van der Waals surface area contributed by atoms with Gasteiger partial charge in [-0.3, -0.25) is 14.3 Å². The normalized spacial score (nSPS) is 28.3. The second-order valence-electron chi connectivity index (χ2n) is 8.48. The van der Waals surface area contributed by atoms with Gasteiger partial charge in [0.15, 0.2) is 0 Å². The van der Waals surface area contributed by atoms with E-state index in [1.807, 2.05) is 21.8 Å². The third kappa shape index (κ3) is 3.60. The Morgan fingerprint density at radius 3 is 2.79 bits per heavy atom. The van der Waals surface area contributed by atoms with Crippen LogP contribution in [-0.4, -0.2) is 70.7 Å². The Morgan fingerprint density at radius 1 is 1.21 bits per heavy atom. The first-order valence-electron chi connectivity index (χ1n) is 10.5. The third-order valence-corrected chi connectivity index (χ3v) is 6.74. The highest BCUT2D eigenvalue weighted by atomic mass is 16.2. The molecule has 2 aliphatic heterocycles. The van der Waals surface area contributed by atoms with Crippen molar-refractivity contribution in [3.63, 3.8) is 0 Å². The zero-order valence-electron chi connectivity index (χ0n) is 16.7. The monoisotopic (exact) mass is 385 g/mol. The second kappa shape index (κ2) is 8.07. The first kappa shape index (κ1) is 19.2. The van der Waals surface area contributed by atoms with Crippen LogP contribution in [0.15, 0.2) is 30.6 Å². The second-order valence-corrected chi connectivity index (χ2v) is 8.48. The molecule has 0 aromatic carbocycles. The number of nitrogens with zero attached hydrogens (tertiary/aromatic N) is 4. The Hall–Kier alpha value is -2.15. The highest BCUT2D eigenvalue weighted by molar-refractivity contribution is 5.86. The van der Waals surface area contributed by atoms with E-state index >= 15 is 0 Å². The molecule has 1 N–H and O–H groups in total. The Morgan fingerprint density at radius 2 is 2.04 bits per heavy atom. The van der Waals surface area contributed by atoms with E-state index in [9.17, 15) is 9.59 Å². The molecule has 0 radical (unpaired) electrons. The SMILES string of the molecule is CN1CC[C@]2(C(=O)NCCn3cccn3)CCCN(C(=O)C3CC=CC3)[C@H]2C1. The van der Waals surface area contributed by atoms with Crippen LogP contribution in [0.25, 0.3) is 0 Å². The number of piperidine rings is 2. The van der Waals surface area contributed by atoms with Crippen LogP contribution in [0.4, 0.5) is 0 Å². The minimum atomic E-state index is -0.462. The van der Waals surface area contributed by atoms with Crippen molar-refractivity contribution in [3.05, 3.63) is 30.6 Å². The Balaban J connectivity index is 1.48. The van der Waals surface area contributed by atoms with Crippen molar-refractivity contribution in [2.75, 3.05) is 33.2 Å². The molecule has 2 amide bonds. The molecule has 1 aromatic rings. The number of likely N-dealkylation sites (tertiary alicyclic amines) is 2. The maximum atomic E-state index is 13.4. The summed E-state index contributed by atoms with van der Waals surface area (Å²) in [6, 6.07) is 1.86. The fourth-order valence-electron chi connectivity index (χ4n) is 5.12. The summed E-state index contributed by atoms with van der Waals surface area (Å²) in [5.74, 6) is 0.407. The van der Waals surface area contributed by atoms with E-state index in [-0.39, 0.29) is 23.8 Å². The van der Waals surface area contributed by atoms with Gasteiger partial charge in [0.25, 0.3) is 0 Å². The first-order valence-corrected chi connectivity index (χ1v) is 10.5. The molecule has 7 nitrogen and oxygen atoms in total. The highest BCUT2D eigenvalue weighted by Crippen LogP contribution is 2.43. The van der Waals surface area contributed by atoms with E-state index in [1.54, 1.807) is 6.20 Å². The molecular weight excluding hydrogens is 354 g/mol. The minimum absolute atomic E-state index is 0.0298. The zero-order chi connectivity index (χ0) is 19.6. The van der Waals surface area contributed by atoms with Gasteiger partial charge in [-0.1, -0.05) is 12.2 Å². The number of fused-ring (bicyclic) bond motifs is 1. The van der Waals surface area contributed by atoms with Crippen LogP contribution in [0.5, 0.6) is 0 Å². The molecule has 4 rings (SSSR count). The van der Waals surface area contributed by atoms with Crippen molar-refractivity contribution in [2.24, 2.45) is 11.3 Å². The van der Waals surface area contributed by atoms with E-state index in [1.165, 1.54) is 0 Å². The van der Waals surface area contributed by atoms with Crippen molar-refractivity contribution >= 4 is 11.8 Å². The Kier molecular flexibility index (Phi) is 5.53. The number of likely N-dealkylation sites (N-methyl/N-ethyl adjacent to an activating group) is 1. The summed E-state index contributed by atoms with van der Waals surface area (Å²) in [4.78, 5) is 30.9. The van der Waals surface area contributed by atoms with Crippen LogP contribution < -0.4 is 5.32 Å². The number of rotatable bonds is 5. The number of carbonyl (C=O) groups is 2. The molecule has 152 valence electrons. The minimum Gasteiger partial charge on any atom is -0.354 e. The molecule has 2 fully saturated rings. The maximum absolute atomic E-state index is 13.4. The number of hydrogen-bond acceptors (Lipinski definition) is 4. The van der Waals surface area contributed by atoms with Crippen molar-refractivity contribution in [3.8, 4) is 0 Å². The first-order chi connectivity index (χ1) is 13.6. The lowest BCUT2D eigenvalue weighted by molar-refractivity contribution is -0.156. The van der Waals surface area contributed by atoms with Crippen molar-refractivity contribution < 1.29 is 9.59 Å². The van der Waals surface area contributed by atoms with Crippen LogP contribution >= 0.6 is 0 Å². The van der Waals surface area contributed by atoms with E-state index in [2.05, 4.69) is 34.5 Å². The number of amides is 2. The molecule has 3 heterocycles. The quantitative estimate of drug-likeness (QED) is 0.775. The van der Waals surface area contributed by atoms with Crippen molar-refractivity contribution in [1.29, 1.82) is 0 Å². The fourth-order valence-corrected chi connectivity index (χ4v) is 5.12. The summed E-state index contributed by atoms with van der Waals surface area (Å²) in [6.45, 7) is 3.67. The molecule has 3 aliphatic rings. The highest BCUT2D eigenvalue weighted by Gasteiger charge is 2.53. The lowest BCUT2D eigenvalue weighted by Crippen LogP contribution is -2.67. The van der Waals surface area contributed by atoms with Crippen LogP contribution in [-0.2, 0) is 16.1 Å². The molecule has 28 heavy (non-hydrogen) atoms. The van der Waals surface area contributed by atoms with Crippen LogP contribution in [0.3, 0.4) is 0 Å². The zero-order valence-corrected chi connectivity index (χ0v) is 16.7. The summed E-state index contributed by atoms with van der Waals surface area (Å²) in [6.07, 6.45) is 12.1. The molecule has 1 aliphatic carbocycles. The topological polar surface area (TPSA) is 70.5 Å². The van der Waals surface area contributed by atoms with Gasteiger partial charge in [-0.15, -0.1) is 0 Å². The molecule has 0 bridgehead atoms. The van der Waals surface area contributed by atoms with E-state index < -0.39 is 5.41 Å². The lowest BCUT2D eigenvalue weighted by Gasteiger charge is -2.53. The molecular formula is C21H31N5O2. The number of allylic oxidation sites excluding steroid dienone is 2. The number of hydrogen-bond donors (Lipinski definition) is 1. The van der Waals surface area contributed by atoms with Crippen molar-refractivity contribution in [1.82, 2.24) is 24.9 Å². The maximum Gasteiger partial charge on any atom is 0.228 e. The van der Waals surface area contributed by atoms with Gasteiger partial charge in [0.05, 0.1) is 18.0 Å². The molecule has 7 heteroatoms. The van der Waals surface area contributed by atoms with Gasteiger partial charge >= 0.3 is 0 Å². The van der Waals surface area contributed by atoms with Gasteiger partial charge in [-0.25, -0.2) is 0 Å². The smallest absolute Gasteiger partial charge is 0.228 e. The summed E-state index contributed by atoms with van der Waals surface area (Å²) in [5.41, 5.74) is -0.462. The van der Waals surface area contributed by atoms with Gasteiger partial charge in [0.1, 0.15) is 0 Å². The van der Waals surface area contributed by atoms with Crippen LogP contribution in [0.2, 0.25) is 0 Å². The van der Waals surface area contributed by atoms with Crippen molar-refractivity contribution in [2.45, 2.75) is 44.7 Å². The average molecular weight is 386 g/mol. The summed E-state index contributed by atoms with van der Waals surface area (Å²) in [5, 5.41) is 7.35. The van der Waals surface area contributed by atoms with Gasteiger partial charge < -0.3 is 15.1 Å². The molecule has 2 atom stereocenters. The van der Waals surface area contributed by atoms with E-state index in [4.69, 9.17) is 0 Å². The predicted molar refractivity (Wildman–Crippen MR) is 106 cm³/mol. The van der Waals surface area contributed by atoms with Gasteiger partial charge in [-0.05, 0) is 51.8 Å². The standard InChI is InChI=1S/C21H31N5O2/c1-24-14-9-21(20(28)22-11-15-25-12-5-10-23-25)8-4-13-26(18(21)16-24)19(27)17-6-2-3-7-17/h2-3,5,10,12,17-18H,4,6-9,11,13-16H2,1H3,(H,22,28)/t18-,21+/m0/s1. The number of nitrogens with one attached hydrogen (secondary N) is 1. The fraction of sp³-hybridized carbons (Fsp3) is 0.667. The largest absolute Gasteiger partial charge is 0.354 e. The molecule has 1 aromatic heterocycles. The molecule has 0 unspecified atom stereocenters. The van der Waals surface area contributed by atoms with Gasteiger partial charge in [-0.2, -0.15) is 5.10 Å². The summed E-state index contributed by atoms with van der Waals surface area (Å²) in [7, 11) is 2.09. The average Bonchev–Trinajstić information content (AvgIpc) is 3.41. The number of carbonyl (C=O) groups excluding carboxylic acids is 2. The van der Waals surface area contributed by atoms with E-state index in [0.29, 0.717) is 13.1 Å². The van der Waals surface area contributed by atoms with Crippen LogP contribution in [0.1, 0.15) is 32.1 Å². The third-order valence-electron chi connectivity index (χ3n) is 6.74. The Labute approximate surface area is 166 Å². The van der Waals surface area contributed by atoms with E-state index in [0.717, 1.165) is 51.7 Å². The van der Waals surface area contributed by atoms with Gasteiger partial charge in [0, 0.05) is 37.9 Å². The lowest BCUT2D eigenvalue weighted by atomic mass is 9.67. The van der Waals surface area contributed by atoms with Crippen LogP contribution in [0, 0.1) is 11.3 Å². The summed E-state index contributed by atoms with van der Waals surface area (Å²) >= 11 is 0. The molecule has 2 saturated heterocycles. The Bertz CT molecular complexity index is 723. The predicted octanol–water partition coefficient (Wildman–Crippen LogP) is 1.28. The molecule has 0 spiro atoms. The van der Waals surface area contributed by atoms with Gasteiger partial charge in [0.2, 0.25) is 11.8 Å². The number of aromatic nitrogens is 2. The summed E-state index contributed by atoms with van der Waals surface area (Å²) < 4.78 is 1.83.